The number of sulfonamides is 1. The molecule has 8 nitrogen and oxygen atoms in total. The molecule has 3 aromatic rings. The van der Waals surface area contributed by atoms with E-state index in [4.69, 9.17) is 0 Å². The van der Waals surface area contributed by atoms with E-state index in [0.717, 1.165) is 5.56 Å². The lowest BCUT2D eigenvalue weighted by Gasteiger charge is -2.22. The summed E-state index contributed by atoms with van der Waals surface area (Å²) < 4.78 is 28.1. The van der Waals surface area contributed by atoms with Crippen molar-refractivity contribution in [3.8, 4) is 0 Å². The number of aryl methyl sites for hydroxylation is 1. The molecule has 9 heteroatoms. The molecule has 0 bridgehead atoms. The van der Waals surface area contributed by atoms with Crippen molar-refractivity contribution in [3.63, 3.8) is 0 Å². The van der Waals surface area contributed by atoms with Crippen LogP contribution in [0, 0.1) is 12.8 Å². The van der Waals surface area contributed by atoms with Gasteiger partial charge in [0, 0.05) is 17.1 Å². The number of amides is 3. The number of carbonyl (C=O) groups is 2. The van der Waals surface area contributed by atoms with E-state index in [9.17, 15) is 18.0 Å². The summed E-state index contributed by atoms with van der Waals surface area (Å²) in [6.45, 7) is 5.38. The SMILES string of the molecule is Cc1ccc(S(=O)(=O)N[C@H](C(=O)Nc2cccc(NC(=O)Nc3ccccc3)c2)C(C)C)cc1. The first-order valence-corrected chi connectivity index (χ1v) is 12.3. The van der Waals surface area contributed by atoms with Crippen LogP contribution in [0.15, 0.2) is 83.8 Å². The van der Waals surface area contributed by atoms with Gasteiger partial charge in [-0.2, -0.15) is 4.72 Å². The minimum Gasteiger partial charge on any atom is -0.325 e. The Bertz CT molecular complexity index is 1240. The Kier molecular flexibility index (Phi) is 8.04. The van der Waals surface area contributed by atoms with Crippen molar-refractivity contribution in [3.05, 3.63) is 84.4 Å². The molecule has 4 N–H and O–H groups in total. The van der Waals surface area contributed by atoms with Gasteiger partial charge in [0.25, 0.3) is 0 Å². The summed E-state index contributed by atoms with van der Waals surface area (Å²) >= 11 is 0. The lowest BCUT2D eigenvalue weighted by atomic mass is 10.0. The Morgan fingerprint density at radius 2 is 1.29 bits per heavy atom. The molecule has 0 saturated heterocycles. The van der Waals surface area contributed by atoms with E-state index in [1.54, 1.807) is 62.4 Å². The summed E-state index contributed by atoms with van der Waals surface area (Å²) in [5.41, 5.74) is 2.46. The summed E-state index contributed by atoms with van der Waals surface area (Å²) in [4.78, 5) is 25.3. The molecule has 0 fully saturated rings. The van der Waals surface area contributed by atoms with Gasteiger partial charge in [0.1, 0.15) is 6.04 Å². The zero-order chi connectivity index (χ0) is 24.7. The smallest absolute Gasteiger partial charge is 0.323 e. The molecule has 3 rings (SSSR count). The predicted molar refractivity (Wildman–Crippen MR) is 134 cm³/mol. The van der Waals surface area contributed by atoms with E-state index >= 15 is 0 Å². The highest BCUT2D eigenvalue weighted by atomic mass is 32.2. The molecular formula is C25H28N4O4S. The second-order valence-corrected chi connectivity index (χ2v) is 9.89. The lowest BCUT2D eigenvalue weighted by Crippen LogP contribution is -2.47. The molecule has 34 heavy (non-hydrogen) atoms. The van der Waals surface area contributed by atoms with Crippen LogP contribution in [0.3, 0.4) is 0 Å². The summed E-state index contributed by atoms with van der Waals surface area (Å²) in [7, 11) is -3.89. The van der Waals surface area contributed by atoms with Crippen LogP contribution < -0.4 is 20.7 Å². The highest BCUT2D eigenvalue weighted by Gasteiger charge is 2.28. The molecule has 3 aromatic carbocycles. The molecule has 1 atom stereocenters. The molecule has 0 saturated carbocycles. The molecule has 178 valence electrons. The summed E-state index contributed by atoms with van der Waals surface area (Å²) in [5.74, 6) is -0.810. The normalized spacial score (nSPS) is 12.1. The minimum absolute atomic E-state index is 0.0900. The largest absolute Gasteiger partial charge is 0.325 e. The van der Waals surface area contributed by atoms with Gasteiger partial charge in [-0.3, -0.25) is 4.79 Å². The quantitative estimate of drug-likeness (QED) is 0.378. The number of hydrogen-bond acceptors (Lipinski definition) is 4. The van der Waals surface area contributed by atoms with Crippen molar-refractivity contribution in [1.29, 1.82) is 0 Å². The van der Waals surface area contributed by atoms with E-state index < -0.39 is 28.0 Å². The monoisotopic (exact) mass is 480 g/mol. The van der Waals surface area contributed by atoms with Gasteiger partial charge in [0.2, 0.25) is 15.9 Å². The Morgan fingerprint density at radius 1 is 0.735 bits per heavy atom. The second-order valence-electron chi connectivity index (χ2n) is 8.17. The lowest BCUT2D eigenvalue weighted by molar-refractivity contribution is -0.118. The number of carbonyl (C=O) groups excluding carboxylic acids is 2. The van der Waals surface area contributed by atoms with Gasteiger partial charge in [-0.05, 0) is 55.3 Å². The van der Waals surface area contributed by atoms with E-state index in [1.807, 2.05) is 25.1 Å². The molecule has 0 aliphatic carbocycles. The van der Waals surface area contributed by atoms with Gasteiger partial charge in [-0.25, -0.2) is 13.2 Å². The maximum atomic E-state index is 13.0. The molecule has 0 radical (unpaired) electrons. The van der Waals surface area contributed by atoms with Crippen molar-refractivity contribution in [2.75, 3.05) is 16.0 Å². The average Bonchev–Trinajstić information content (AvgIpc) is 2.78. The van der Waals surface area contributed by atoms with Crippen LogP contribution in [-0.4, -0.2) is 26.4 Å². The fraction of sp³-hybridized carbons (Fsp3) is 0.200. The Balaban J connectivity index is 1.68. The first-order chi connectivity index (χ1) is 16.1. The van der Waals surface area contributed by atoms with Crippen molar-refractivity contribution in [1.82, 2.24) is 4.72 Å². The third-order valence-corrected chi connectivity index (χ3v) is 6.44. The number of urea groups is 1. The van der Waals surface area contributed by atoms with Crippen LogP contribution in [0.4, 0.5) is 21.9 Å². The fourth-order valence-electron chi connectivity index (χ4n) is 3.15. The maximum Gasteiger partial charge on any atom is 0.323 e. The van der Waals surface area contributed by atoms with Crippen molar-refractivity contribution < 1.29 is 18.0 Å². The van der Waals surface area contributed by atoms with E-state index in [0.29, 0.717) is 17.1 Å². The van der Waals surface area contributed by atoms with Crippen LogP contribution >= 0.6 is 0 Å². The molecule has 0 heterocycles. The van der Waals surface area contributed by atoms with Gasteiger partial charge in [0.05, 0.1) is 4.90 Å². The van der Waals surface area contributed by atoms with Crippen LogP contribution in [0.25, 0.3) is 0 Å². The number of para-hydroxylation sites is 1. The molecular weight excluding hydrogens is 452 g/mol. The van der Waals surface area contributed by atoms with E-state index in [1.165, 1.54) is 12.1 Å². The van der Waals surface area contributed by atoms with Crippen molar-refractivity contribution in [2.45, 2.75) is 31.7 Å². The Morgan fingerprint density at radius 3 is 1.91 bits per heavy atom. The zero-order valence-electron chi connectivity index (χ0n) is 19.2. The zero-order valence-corrected chi connectivity index (χ0v) is 20.0. The van der Waals surface area contributed by atoms with E-state index in [2.05, 4.69) is 20.7 Å². The summed E-state index contributed by atoms with van der Waals surface area (Å²) in [5, 5.41) is 8.15. The van der Waals surface area contributed by atoms with Gasteiger partial charge >= 0.3 is 6.03 Å². The fourth-order valence-corrected chi connectivity index (χ4v) is 4.50. The second kappa shape index (κ2) is 11.0. The maximum absolute atomic E-state index is 13.0. The van der Waals surface area contributed by atoms with Crippen molar-refractivity contribution >= 4 is 39.0 Å². The Hall–Kier alpha value is -3.69. The topological polar surface area (TPSA) is 116 Å². The highest BCUT2D eigenvalue weighted by molar-refractivity contribution is 7.89. The van der Waals surface area contributed by atoms with Gasteiger partial charge in [-0.15, -0.1) is 0 Å². The third kappa shape index (κ3) is 6.90. The third-order valence-electron chi connectivity index (χ3n) is 4.98. The summed E-state index contributed by atoms with van der Waals surface area (Å²) in [6.07, 6.45) is 0. The van der Waals surface area contributed by atoms with Crippen LogP contribution in [0.5, 0.6) is 0 Å². The van der Waals surface area contributed by atoms with Crippen LogP contribution in [0.2, 0.25) is 0 Å². The standard InChI is InChI=1S/C25H28N4O4S/c1-17(2)23(29-34(32,33)22-14-12-18(3)13-15-22)24(30)26-20-10-7-11-21(16-20)28-25(31)27-19-8-5-4-6-9-19/h4-17,23,29H,1-3H3,(H,26,30)(H2,27,28,31)/t23-/m0/s1. The first-order valence-electron chi connectivity index (χ1n) is 10.8. The number of rotatable bonds is 8. The van der Waals surface area contributed by atoms with Gasteiger partial charge < -0.3 is 16.0 Å². The van der Waals surface area contributed by atoms with E-state index in [-0.39, 0.29) is 10.8 Å². The number of anilines is 3. The number of nitrogens with one attached hydrogen (secondary N) is 4. The first kappa shape index (κ1) is 24.9. The average molecular weight is 481 g/mol. The molecule has 0 aromatic heterocycles. The molecule has 0 aliphatic heterocycles. The molecule has 0 unspecified atom stereocenters. The van der Waals surface area contributed by atoms with Crippen LogP contribution in [-0.2, 0) is 14.8 Å². The minimum atomic E-state index is -3.89. The van der Waals surface area contributed by atoms with Gasteiger partial charge in [-0.1, -0.05) is 55.8 Å². The molecule has 0 spiro atoms. The predicted octanol–water partition coefficient (Wildman–Crippen LogP) is 4.58. The van der Waals surface area contributed by atoms with Crippen LogP contribution in [0.1, 0.15) is 19.4 Å². The number of benzene rings is 3. The highest BCUT2D eigenvalue weighted by Crippen LogP contribution is 2.18. The molecule has 3 amide bonds. The molecule has 0 aliphatic rings. The van der Waals surface area contributed by atoms with Crippen molar-refractivity contribution in [2.24, 2.45) is 5.92 Å². The van der Waals surface area contributed by atoms with Gasteiger partial charge in [0.15, 0.2) is 0 Å². The Labute approximate surface area is 199 Å². The summed E-state index contributed by atoms with van der Waals surface area (Å²) in [6, 6.07) is 20.6. The number of hydrogen-bond donors (Lipinski definition) is 4.